The molecule has 2 aromatic rings. The second kappa shape index (κ2) is 6.15. The quantitative estimate of drug-likeness (QED) is 0.808. The van der Waals surface area contributed by atoms with Crippen LogP contribution in [0.2, 0.25) is 0 Å². The number of amides is 1. The Morgan fingerprint density at radius 1 is 1.10 bits per heavy atom. The first-order chi connectivity index (χ1) is 10.1. The molecule has 0 unspecified atom stereocenters. The molecule has 1 saturated heterocycles. The highest BCUT2D eigenvalue weighted by molar-refractivity contribution is 9.11. The number of hydrogen-bond donors (Lipinski definition) is 0. The minimum atomic E-state index is -0.209. The molecule has 1 fully saturated rings. The molecule has 110 valence electrons. The summed E-state index contributed by atoms with van der Waals surface area (Å²) in [4.78, 5) is 16.9. The number of hydrogen-bond acceptors (Lipinski definition) is 3. The van der Waals surface area contributed by atoms with Gasteiger partial charge in [0.2, 0.25) is 0 Å². The van der Waals surface area contributed by atoms with E-state index in [1.54, 1.807) is 12.1 Å². The lowest BCUT2D eigenvalue weighted by molar-refractivity contribution is 0.0751. The van der Waals surface area contributed by atoms with Gasteiger partial charge in [-0.3, -0.25) is 4.79 Å². The molecule has 2 heterocycles. The molecule has 1 aromatic carbocycles. The van der Waals surface area contributed by atoms with Crippen molar-refractivity contribution in [3.63, 3.8) is 0 Å². The highest BCUT2D eigenvalue weighted by Gasteiger charge is 2.24. The van der Waals surface area contributed by atoms with Crippen molar-refractivity contribution >= 4 is 38.9 Å². The Morgan fingerprint density at radius 2 is 1.81 bits per heavy atom. The summed E-state index contributed by atoms with van der Waals surface area (Å²) in [5.74, 6) is -0.154. The molecule has 1 aliphatic rings. The number of rotatable bonds is 2. The fourth-order valence-electron chi connectivity index (χ4n) is 2.44. The van der Waals surface area contributed by atoms with Crippen LogP contribution in [0.15, 0.2) is 40.2 Å². The van der Waals surface area contributed by atoms with Crippen LogP contribution >= 0.6 is 27.3 Å². The van der Waals surface area contributed by atoms with Gasteiger partial charge in [0, 0.05) is 26.2 Å². The van der Waals surface area contributed by atoms with Crippen LogP contribution in [0.4, 0.5) is 10.1 Å². The number of para-hydroxylation sites is 1. The van der Waals surface area contributed by atoms with Gasteiger partial charge in [0.15, 0.2) is 0 Å². The summed E-state index contributed by atoms with van der Waals surface area (Å²) in [5.41, 5.74) is 0.614. The smallest absolute Gasteiger partial charge is 0.264 e. The summed E-state index contributed by atoms with van der Waals surface area (Å²) in [5, 5.41) is 0. The van der Waals surface area contributed by atoms with Crippen LogP contribution in [-0.2, 0) is 0 Å². The normalized spacial score (nSPS) is 15.3. The molecule has 21 heavy (non-hydrogen) atoms. The SMILES string of the molecule is O=C(c1ccc(Br)s1)N1CCN(c2ccccc2F)CC1. The number of carbonyl (C=O) groups is 1. The molecule has 1 amide bonds. The van der Waals surface area contributed by atoms with Gasteiger partial charge in [0.25, 0.3) is 5.91 Å². The number of thiophene rings is 1. The van der Waals surface area contributed by atoms with Gasteiger partial charge in [-0.05, 0) is 40.2 Å². The van der Waals surface area contributed by atoms with Crippen molar-refractivity contribution in [3.05, 3.63) is 50.9 Å². The third-order valence-corrected chi connectivity index (χ3v) is 5.16. The Hall–Kier alpha value is -1.40. The van der Waals surface area contributed by atoms with Gasteiger partial charge in [0.1, 0.15) is 5.82 Å². The largest absolute Gasteiger partial charge is 0.366 e. The lowest BCUT2D eigenvalue weighted by Crippen LogP contribution is -2.48. The predicted molar refractivity (Wildman–Crippen MR) is 86.5 cm³/mol. The van der Waals surface area contributed by atoms with Crippen molar-refractivity contribution in [3.8, 4) is 0 Å². The monoisotopic (exact) mass is 368 g/mol. The van der Waals surface area contributed by atoms with E-state index >= 15 is 0 Å². The Kier molecular flexibility index (Phi) is 4.26. The van der Waals surface area contributed by atoms with E-state index in [1.807, 2.05) is 28.0 Å². The van der Waals surface area contributed by atoms with E-state index in [0.29, 0.717) is 31.9 Å². The van der Waals surface area contributed by atoms with E-state index in [1.165, 1.54) is 17.4 Å². The molecule has 0 spiro atoms. The maximum Gasteiger partial charge on any atom is 0.264 e. The third kappa shape index (κ3) is 3.11. The molecule has 0 N–H and O–H groups in total. The molecule has 6 heteroatoms. The van der Waals surface area contributed by atoms with Gasteiger partial charge in [0.05, 0.1) is 14.4 Å². The van der Waals surface area contributed by atoms with Crippen LogP contribution in [-0.4, -0.2) is 37.0 Å². The zero-order valence-electron chi connectivity index (χ0n) is 11.3. The Bertz CT molecular complexity index is 653. The molecular weight excluding hydrogens is 355 g/mol. The molecule has 0 saturated carbocycles. The summed E-state index contributed by atoms with van der Waals surface area (Å²) >= 11 is 4.81. The zero-order chi connectivity index (χ0) is 14.8. The second-order valence-corrected chi connectivity index (χ2v) is 7.30. The van der Waals surface area contributed by atoms with Gasteiger partial charge in [-0.25, -0.2) is 4.39 Å². The average Bonchev–Trinajstić information content (AvgIpc) is 2.94. The summed E-state index contributed by atoms with van der Waals surface area (Å²) in [6.45, 7) is 2.53. The Labute approximate surface area is 135 Å². The zero-order valence-corrected chi connectivity index (χ0v) is 13.7. The molecule has 3 rings (SSSR count). The van der Waals surface area contributed by atoms with Crippen molar-refractivity contribution in [1.82, 2.24) is 4.90 Å². The molecule has 0 aliphatic carbocycles. The molecule has 1 aromatic heterocycles. The van der Waals surface area contributed by atoms with Gasteiger partial charge >= 0.3 is 0 Å². The molecule has 0 atom stereocenters. The summed E-state index contributed by atoms with van der Waals surface area (Å²) in [6, 6.07) is 10.5. The highest BCUT2D eigenvalue weighted by Crippen LogP contribution is 2.25. The Morgan fingerprint density at radius 3 is 2.43 bits per heavy atom. The van der Waals surface area contributed by atoms with Crippen LogP contribution in [0.25, 0.3) is 0 Å². The summed E-state index contributed by atoms with van der Waals surface area (Å²) < 4.78 is 14.7. The van der Waals surface area contributed by atoms with Crippen LogP contribution < -0.4 is 4.90 Å². The topological polar surface area (TPSA) is 23.6 Å². The molecule has 0 bridgehead atoms. The first-order valence-electron chi connectivity index (χ1n) is 6.69. The molecule has 1 aliphatic heterocycles. The predicted octanol–water partition coefficient (Wildman–Crippen LogP) is 3.61. The minimum Gasteiger partial charge on any atom is -0.366 e. The van der Waals surface area contributed by atoms with Crippen molar-refractivity contribution in [2.75, 3.05) is 31.1 Å². The first kappa shape index (κ1) is 14.5. The van der Waals surface area contributed by atoms with Crippen LogP contribution in [0.3, 0.4) is 0 Å². The van der Waals surface area contributed by atoms with Gasteiger partial charge in [-0.1, -0.05) is 12.1 Å². The molecular formula is C15H14BrFN2OS. The molecule has 0 radical (unpaired) electrons. The highest BCUT2D eigenvalue weighted by atomic mass is 79.9. The van der Waals surface area contributed by atoms with Crippen LogP contribution in [0, 0.1) is 5.82 Å². The number of nitrogens with zero attached hydrogens (tertiary/aromatic N) is 2. The lowest BCUT2D eigenvalue weighted by Gasteiger charge is -2.36. The van der Waals surface area contributed by atoms with E-state index in [0.717, 1.165) is 8.66 Å². The van der Waals surface area contributed by atoms with Crippen molar-refractivity contribution in [2.45, 2.75) is 0 Å². The van der Waals surface area contributed by atoms with Gasteiger partial charge < -0.3 is 9.80 Å². The van der Waals surface area contributed by atoms with E-state index in [9.17, 15) is 9.18 Å². The van der Waals surface area contributed by atoms with Crippen molar-refractivity contribution in [2.24, 2.45) is 0 Å². The van der Waals surface area contributed by atoms with Crippen molar-refractivity contribution in [1.29, 1.82) is 0 Å². The van der Waals surface area contributed by atoms with Gasteiger partial charge in [-0.15, -0.1) is 11.3 Å². The summed E-state index contributed by atoms with van der Waals surface area (Å²) in [6.07, 6.45) is 0. The summed E-state index contributed by atoms with van der Waals surface area (Å²) in [7, 11) is 0. The number of carbonyl (C=O) groups excluding carboxylic acids is 1. The number of benzene rings is 1. The average molecular weight is 369 g/mol. The van der Waals surface area contributed by atoms with E-state index in [2.05, 4.69) is 15.9 Å². The first-order valence-corrected chi connectivity index (χ1v) is 8.30. The fourth-order valence-corrected chi connectivity index (χ4v) is 3.80. The maximum absolute atomic E-state index is 13.8. The van der Waals surface area contributed by atoms with E-state index < -0.39 is 0 Å². The standard InChI is InChI=1S/C15H14BrFN2OS/c16-14-6-5-13(21-14)15(20)19-9-7-18(8-10-19)12-4-2-1-3-11(12)17/h1-6H,7-10H2. The van der Waals surface area contributed by atoms with E-state index in [4.69, 9.17) is 0 Å². The number of piperazine rings is 1. The van der Waals surface area contributed by atoms with Crippen molar-refractivity contribution < 1.29 is 9.18 Å². The Balaban J connectivity index is 1.65. The number of anilines is 1. The van der Waals surface area contributed by atoms with Crippen LogP contribution in [0.5, 0.6) is 0 Å². The van der Waals surface area contributed by atoms with Crippen LogP contribution in [0.1, 0.15) is 9.67 Å². The molecule has 3 nitrogen and oxygen atoms in total. The van der Waals surface area contributed by atoms with E-state index in [-0.39, 0.29) is 11.7 Å². The van der Waals surface area contributed by atoms with Gasteiger partial charge in [-0.2, -0.15) is 0 Å². The second-order valence-electron chi connectivity index (χ2n) is 4.83. The fraction of sp³-hybridized carbons (Fsp3) is 0.267. The maximum atomic E-state index is 13.8. The third-order valence-electron chi connectivity index (χ3n) is 3.54. The lowest BCUT2D eigenvalue weighted by atomic mass is 10.2. The minimum absolute atomic E-state index is 0.0545. The number of halogens is 2.